The highest BCUT2D eigenvalue weighted by Crippen LogP contribution is 2.30. The molecular weight excluding hydrogens is 254 g/mol. The lowest BCUT2D eigenvalue weighted by atomic mass is 10.2. The molecule has 0 amide bonds. The monoisotopic (exact) mass is 263 g/mol. The molecule has 6 heteroatoms. The molecule has 2 rings (SSSR count). The second-order valence-corrected chi connectivity index (χ2v) is 4.04. The Bertz CT molecular complexity index is 602. The summed E-state index contributed by atoms with van der Waals surface area (Å²) in [6, 6.07) is 11.4. The van der Waals surface area contributed by atoms with Gasteiger partial charge < -0.3 is 11.1 Å². The molecule has 0 fully saturated rings. The summed E-state index contributed by atoms with van der Waals surface area (Å²) in [5.74, 6) is 0. The molecule has 0 aliphatic heterocycles. The highest BCUT2D eigenvalue weighted by Gasteiger charge is 2.09. The maximum absolute atomic E-state index is 10.6. The van der Waals surface area contributed by atoms with Gasteiger partial charge in [0.25, 0.3) is 5.69 Å². The Hall–Kier alpha value is -2.27. The van der Waals surface area contributed by atoms with Crippen molar-refractivity contribution in [2.75, 3.05) is 11.1 Å². The second-order valence-electron chi connectivity index (χ2n) is 3.63. The number of nitro benzene ring substituents is 1. The molecule has 3 N–H and O–H groups in total. The first-order valence-corrected chi connectivity index (χ1v) is 5.51. The number of para-hydroxylation sites is 1. The second kappa shape index (κ2) is 4.93. The zero-order chi connectivity index (χ0) is 13.1. The molecule has 92 valence electrons. The third-order valence-corrected chi connectivity index (χ3v) is 2.72. The first-order valence-electron chi connectivity index (χ1n) is 5.13. The first-order chi connectivity index (χ1) is 8.58. The topological polar surface area (TPSA) is 81.2 Å². The predicted molar refractivity (Wildman–Crippen MR) is 72.2 cm³/mol. The van der Waals surface area contributed by atoms with E-state index < -0.39 is 4.92 Å². The third kappa shape index (κ3) is 2.52. The van der Waals surface area contributed by atoms with E-state index in [4.69, 9.17) is 17.3 Å². The van der Waals surface area contributed by atoms with E-state index in [1.165, 1.54) is 12.1 Å². The molecule has 0 saturated carbocycles. The highest BCUT2D eigenvalue weighted by atomic mass is 35.5. The lowest BCUT2D eigenvalue weighted by Crippen LogP contribution is -1.98. The van der Waals surface area contributed by atoms with E-state index in [1.807, 2.05) is 12.1 Å². The highest BCUT2D eigenvalue weighted by molar-refractivity contribution is 6.33. The zero-order valence-electron chi connectivity index (χ0n) is 9.26. The van der Waals surface area contributed by atoms with Crippen LogP contribution in [-0.4, -0.2) is 4.92 Å². The van der Waals surface area contributed by atoms with Crippen LogP contribution in [0.4, 0.5) is 22.7 Å². The number of nitrogens with zero attached hydrogens (tertiary/aromatic N) is 1. The van der Waals surface area contributed by atoms with Crippen molar-refractivity contribution in [2.45, 2.75) is 0 Å². The number of halogens is 1. The van der Waals surface area contributed by atoms with E-state index in [0.29, 0.717) is 22.1 Å². The van der Waals surface area contributed by atoms with Crippen LogP contribution in [-0.2, 0) is 0 Å². The molecule has 5 nitrogen and oxygen atoms in total. The standard InChI is InChI=1S/C12H10ClN3O2/c13-9-3-1-2-4-11(9)15-12-6-5-8(16(17)18)7-10(12)14/h1-7,15H,14H2. The lowest BCUT2D eigenvalue weighted by molar-refractivity contribution is -0.384. The normalized spacial score (nSPS) is 10.1. The number of hydrogen-bond donors (Lipinski definition) is 2. The van der Waals surface area contributed by atoms with Gasteiger partial charge in [0, 0.05) is 12.1 Å². The van der Waals surface area contributed by atoms with Crippen molar-refractivity contribution in [3.8, 4) is 0 Å². The number of non-ortho nitro benzene ring substituents is 1. The van der Waals surface area contributed by atoms with E-state index in [1.54, 1.807) is 18.2 Å². The van der Waals surface area contributed by atoms with Gasteiger partial charge in [-0.05, 0) is 18.2 Å². The molecule has 0 aliphatic rings. The summed E-state index contributed by atoms with van der Waals surface area (Å²) >= 11 is 6.00. The molecule has 0 radical (unpaired) electrons. The molecule has 0 heterocycles. The van der Waals surface area contributed by atoms with Crippen LogP contribution in [0.15, 0.2) is 42.5 Å². The minimum Gasteiger partial charge on any atom is -0.397 e. The first kappa shape index (κ1) is 12.2. The van der Waals surface area contributed by atoms with Crippen molar-refractivity contribution in [1.82, 2.24) is 0 Å². The molecule has 0 unspecified atom stereocenters. The predicted octanol–water partition coefficient (Wildman–Crippen LogP) is 3.57. The van der Waals surface area contributed by atoms with Crippen LogP contribution in [0.2, 0.25) is 5.02 Å². The Morgan fingerprint density at radius 1 is 1.17 bits per heavy atom. The fourth-order valence-electron chi connectivity index (χ4n) is 1.49. The molecular formula is C12H10ClN3O2. The minimum absolute atomic E-state index is 0.0443. The van der Waals surface area contributed by atoms with Crippen molar-refractivity contribution < 1.29 is 4.92 Å². The van der Waals surface area contributed by atoms with Gasteiger partial charge in [0.05, 0.1) is 27.0 Å². The van der Waals surface area contributed by atoms with Crippen molar-refractivity contribution >= 4 is 34.4 Å². The van der Waals surface area contributed by atoms with Gasteiger partial charge in [-0.2, -0.15) is 0 Å². The van der Waals surface area contributed by atoms with Crippen molar-refractivity contribution in [3.63, 3.8) is 0 Å². The molecule has 0 bridgehead atoms. The number of nitrogen functional groups attached to an aromatic ring is 1. The largest absolute Gasteiger partial charge is 0.397 e. The van der Waals surface area contributed by atoms with Crippen LogP contribution in [0.5, 0.6) is 0 Å². The quantitative estimate of drug-likeness (QED) is 0.504. The van der Waals surface area contributed by atoms with E-state index in [-0.39, 0.29) is 5.69 Å². The molecule has 0 atom stereocenters. The van der Waals surface area contributed by atoms with Gasteiger partial charge in [-0.3, -0.25) is 10.1 Å². The van der Waals surface area contributed by atoms with Crippen LogP contribution in [0, 0.1) is 10.1 Å². The number of nitrogens with two attached hydrogens (primary N) is 1. The number of hydrogen-bond acceptors (Lipinski definition) is 4. The zero-order valence-corrected chi connectivity index (χ0v) is 10.0. The Balaban J connectivity index is 2.30. The fourth-order valence-corrected chi connectivity index (χ4v) is 1.67. The SMILES string of the molecule is Nc1cc([N+](=O)[O-])ccc1Nc1ccccc1Cl. The molecule has 0 saturated heterocycles. The summed E-state index contributed by atoms with van der Waals surface area (Å²) in [5, 5.41) is 14.2. The summed E-state index contributed by atoms with van der Waals surface area (Å²) in [5.41, 5.74) is 7.27. The van der Waals surface area contributed by atoms with Crippen LogP contribution in [0.3, 0.4) is 0 Å². The Kier molecular flexibility index (Phi) is 3.34. The number of benzene rings is 2. The van der Waals surface area contributed by atoms with Crippen molar-refractivity contribution in [3.05, 3.63) is 57.6 Å². The molecule has 0 aromatic heterocycles. The smallest absolute Gasteiger partial charge is 0.271 e. The summed E-state index contributed by atoms with van der Waals surface area (Å²) in [6.45, 7) is 0. The lowest BCUT2D eigenvalue weighted by Gasteiger charge is -2.10. The average molecular weight is 264 g/mol. The number of rotatable bonds is 3. The maximum Gasteiger partial charge on any atom is 0.271 e. The minimum atomic E-state index is -0.490. The van der Waals surface area contributed by atoms with Crippen LogP contribution < -0.4 is 11.1 Å². The summed E-state index contributed by atoms with van der Waals surface area (Å²) in [7, 11) is 0. The molecule has 0 aliphatic carbocycles. The van der Waals surface area contributed by atoms with E-state index >= 15 is 0 Å². The Labute approximate surface area is 108 Å². The number of nitro groups is 1. The summed E-state index contributed by atoms with van der Waals surface area (Å²) in [6.07, 6.45) is 0. The Morgan fingerprint density at radius 3 is 2.50 bits per heavy atom. The van der Waals surface area contributed by atoms with Gasteiger partial charge >= 0.3 is 0 Å². The van der Waals surface area contributed by atoms with E-state index in [2.05, 4.69) is 5.32 Å². The molecule has 18 heavy (non-hydrogen) atoms. The summed E-state index contributed by atoms with van der Waals surface area (Å²) in [4.78, 5) is 10.1. The Morgan fingerprint density at radius 2 is 1.89 bits per heavy atom. The van der Waals surface area contributed by atoms with Gasteiger partial charge in [0.2, 0.25) is 0 Å². The van der Waals surface area contributed by atoms with Gasteiger partial charge in [0.1, 0.15) is 0 Å². The van der Waals surface area contributed by atoms with Crippen LogP contribution in [0.25, 0.3) is 0 Å². The number of nitrogens with one attached hydrogen (secondary N) is 1. The fraction of sp³-hybridized carbons (Fsp3) is 0. The van der Waals surface area contributed by atoms with Gasteiger partial charge in [-0.25, -0.2) is 0 Å². The number of anilines is 3. The van der Waals surface area contributed by atoms with Crippen molar-refractivity contribution in [1.29, 1.82) is 0 Å². The van der Waals surface area contributed by atoms with Crippen LogP contribution >= 0.6 is 11.6 Å². The molecule has 2 aromatic carbocycles. The molecule has 0 spiro atoms. The van der Waals surface area contributed by atoms with Gasteiger partial charge in [-0.15, -0.1) is 0 Å². The van der Waals surface area contributed by atoms with Gasteiger partial charge in [-0.1, -0.05) is 23.7 Å². The van der Waals surface area contributed by atoms with E-state index in [0.717, 1.165) is 0 Å². The molecule has 2 aromatic rings. The van der Waals surface area contributed by atoms with Crippen LogP contribution in [0.1, 0.15) is 0 Å². The maximum atomic E-state index is 10.6. The third-order valence-electron chi connectivity index (χ3n) is 2.39. The van der Waals surface area contributed by atoms with Gasteiger partial charge in [0.15, 0.2) is 0 Å². The average Bonchev–Trinajstić information content (AvgIpc) is 2.34. The van der Waals surface area contributed by atoms with E-state index in [9.17, 15) is 10.1 Å². The van der Waals surface area contributed by atoms with Crippen molar-refractivity contribution in [2.24, 2.45) is 0 Å². The summed E-state index contributed by atoms with van der Waals surface area (Å²) < 4.78 is 0.